The summed E-state index contributed by atoms with van der Waals surface area (Å²) < 4.78 is 0. The lowest BCUT2D eigenvalue weighted by molar-refractivity contribution is -0.132. The molecule has 2 aromatic rings. The Morgan fingerprint density at radius 2 is 1.89 bits per heavy atom. The number of H-pyrrole nitrogens is 1. The molecule has 2 N–H and O–H groups in total. The van der Waals surface area contributed by atoms with Crippen molar-refractivity contribution < 1.29 is 4.79 Å². The number of carbonyl (C=O) groups is 1. The van der Waals surface area contributed by atoms with Crippen LogP contribution >= 0.6 is 24.8 Å². The third-order valence-electron chi connectivity index (χ3n) is 6.00. The van der Waals surface area contributed by atoms with Crippen LogP contribution in [0.25, 0.3) is 11.0 Å². The SMILES string of the molecule is Cl.Cl.O=C(CCC1CCNCC1)N1CCC(c2c[nH]c3ncccc23)CC1. The number of amides is 1. The van der Waals surface area contributed by atoms with Crippen LogP contribution in [0, 0.1) is 5.92 Å². The summed E-state index contributed by atoms with van der Waals surface area (Å²) in [4.78, 5) is 22.3. The van der Waals surface area contributed by atoms with Crippen LogP contribution in [-0.2, 0) is 4.79 Å². The molecule has 0 atom stereocenters. The maximum atomic E-state index is 12.5. The van der Waals surface area contributed by atoms with Crippen LogP contribution in [0.15, 0.2) is 24.5 Å². The first-order chi connectivity index (χ1) is 12.3. The van der Waals surface area contributed by atoms with Crippen LogP contribution in [0.1, 0.15) is 50.0 Å². The van der Waals surface area contributed by atoms with Gasteiger partial charge in [0.2, 0.25) is 5.91 Å². The van der Waals surface area contributed by atoms with Gasteiger partial charge in [0.05, 0.1) is 0 Å². The van der Waals surface area contributed by atoms with Gasteiger partial charge in [0.15, 0.2) is 0 Å². The fourth-order valence-electron chi connectivity index (χ4n) is 4.41. The van der Waals surface area contributed by atoms with Crippen LogP contribution in [0.3, 0.4) is 0 Å². The second-order valence-corrected chi connectivity index (χ2v) is 7.53. The summed E-state index contributed by atoms with van der Waals surface area (Å²) in [6.07, 6.45) is 10.3. The van der Waals surface area contributed by atoms with Gasteiger partial charge in [0, 0.05) is 37.3 Å². The largest absolute Gasteiger partial charge is 0.346 e. The van der Waals surface area contributed by atoms with Crippen molar-refractivity contribution in [2.75, 3.05) is 26.2 Å². The van der Waals surface area contributed by atoms with Crippen molar-refractivity contribution in [3.05, 3.63) is 30.1 Å². The standard InChI is InChI=1S/C20H28N4O.2ClH/c25-19(4-3-15-5-10-21-11-6-15)24-12-7-16(8-13-24)18-14-23-20-17(18)2-1-9-22-20;;/h1-2,9,14-16,21H,3-8,10-13H2,(H,22,23);2*1H. The van der Waals surface area contributed by atoms with E-state index in [1.807, 2.05) is 12.3 Å². The van der Waals surface area contributed by atoms with Gasteiger partial charge >= 0.3 is 0 Å². The summed E-state index contributed by atoms with van der Waals surface area (Å²) >= 11 is 0. The van der Waals surface area contributed by atoms with Crippen molar-refractivity contribution >= 4 is 41.8 Å². The maximum Gasteiger partial charge on any atom is 0.222 e. The zero-order valence-corrected chi connectivity index (χ0v) is 17.3. The Morgan fingerprint density at radius 3 is 2.63 bits per heavy atom. The molecule has 2 fully saturated rings. The van der Waals surface area contributed by atoms with Crippen LogP contribution < -0.4 is 5.32 Å². The van der Waals surface area contributed by atoms with Crippen molar-refractivity contribution in [2.45, 2.75) is 44.4 Å². The number of nitrogens with zero attached hydrogens (tertiary/aromatic N) is 2. The number of nitrogens with one attached hydrogen (secondary N) is 2. The van der Waals surface area contributed by atoms with Crippen LogP contribution in [-0.4, -0.2) is 47.0 Å². The van der Waals surface area contributed by atoms with Crippen molar-refractivity contribution in [3.63, 3.8) is 0 Å². The van der Waals surface area contributed by atoms with Gasteiger partial charge in [0.25, 0.3) is 0 Å². The minimum Gasteiger partial charge on any atom is -0.346 e. The predicted octanol–water partition coefficient (Wildman–Crippen LogP) is 3.89. The van der Waals surface area contributed by atoms with Crippen molar-refractivity contribution in [1.82, 2.24) is 20.2 Å². The lowest BCUT2D eigenvalue weighted by atomic mass is 9.89. The van der Waals surface area contributed by atoms with E-state index in [0.29, 0.717) is 11.8 Å². The van der Waals surface area contributed by atoms with Gasteiger partial charge in [0.1, 0.15) is 5.65 Å². The molecular formula is C20H30Cl2N4O. The lowest BCUT2D eigenvalue weighted by Crippen LogP contribution is -2.38. The van der Waals surface area contributed by atoms with Gasteiger partial charge in [-0.1, -0.05) is 0 Å². The zero-order chi connectivity index (χ0) is 17.1. The monoisotopic (exact) mass is 412 g/mol. The highest BCUT2D eigenvalue weighted by Gasteiger charge is 2.26. The minimum atomic E-state index is 0. The molecule has 0 spiro atoms. The van der Waals surface area contributed by atoms with Crippen LogP contribution in [0.2, 0.25) is 0 Å². The molecule has 2 aliphatic rings. The number of hydrogen-bond donors (Lipinski definition) is 2. The first-order valence-electron chi connectivity index (χ1n) is 9.72. The molecule has 4 heterocycles. The molecule has 0 saturated carbocycles. The number of carbonyl (C=O) groups excluding carboxylic acids is 1. The molecule has 150 valence electrons. The van der Waals surface area contributed by atoms with Crippen molar-refractivity contribution in [3.8, 4) is 0 Å². The fourth-order valence-corrected chi connectivity index (χ4v) is 4.41. The summed E-state index contributed by atoms with van der Waals surface area (Å²) in [6, 6.07) is 4.14. The lowest BCUT2D eigenvalue weighted by Gasteiger charge is -2.32. The molecule has 0 radical (unpaired) electrons. The number of halogens is 2. The quantitative estimate of drug-likeness (QED) is 0.800. The third-order valence-corrected chi connectivity index (χ3v) is 6.00. The number of aromatic amines is 1. The van der Waals surface area contributed by atoms with Crippen LogP contribution in [0.4, 0.5) is 0 Å². The van der Waals surface area contributed by atoms with Crippen molar-refractivity contribution in [1.29, 1.82) is 0 Å². The Labute approximate surface area is 173 Å². The van der Waals surface area contributed by atoms with E-state index in [2.05, 4.69) is 32.4 Å². The second kappa shape index (κ2) is 10.3. The summed E-state index contributed by atoms with van der Waals surface area (Å²) in [5.41, 5.74) is 2.34. The molecule has 2 saturated heterocycles. The van der Waals surface area contributed by atoms with E-state index < -0.39 is 0 Å². The average Bonchev–Trinajstić information content (AvgIpc) is 3.11. The predicted molar refractivity (Wildman–Crippen MR) is 114 cm³/mol. The van der Waals surface area contributed by atoms with Gasteiger partial charge < -0.3 is 15.2 Å². The number of likely N-dealkylation sites (tertiary alicyclic amines) is 1. The van der Waals surface area contributed by atoms with E-state index >= 15 is 0 Å². The van der Waals surface area contributed by atoms with Gasteiger partial charge in [-0.05, 0) is 74.7 Å². The molecule has 27 heavy (non-hydrogen) atoms. The van der Waals surface area contributed by atoms with Gasteiger partial charge in [-0.2, -0.15) is 0 Å². The van der Waals surface area contributed by atoms with Gasteiger partial charge in [-0.3, -0.25) is 4.79 Å². The number of fused-ring (bicyclic) bond motifs is 1. The molecule has 1 amide bonds. The van der Waals surface area contributed by atoms with E-state index in [9.17, 15) is 4.79 Å². The molecule has 7 heteroatoms. The Kier molecular flexibility index (Phi) is 8.39. The number of aromatic nitrogens is 2. The molecule has 0 bridgehead atoms. The summed E-state index contributed by atoms with van der Waals surface area (Å²) in [5, 5.41) is 4.63. The topological polar surface area (TPSA) is 61.0 Å². The first kappa shape index (κ1) is 22.0. The summed E-state index contributed by atoms with van der Waals surface area (Å²) in [5.74, 6) is 1.63. The zero-order valence-electron chi connectivity index (χ0n) is 15.7. The highest BCUT2D eigenvalue weighted by molar-refractivity contribution is 5.85. The average molecular weight is 413 g/mol. The van der Waals surface area contributed by atoms with Crippen molar-refractivity contribution in [2.24, 2.45) is 5.92 Å². The Bertz CT molecular complexity index is 722. The number of hydrogen-bond acceptors (Lipinski definition) is 3. The number of pyridine rings is 1. The second-order valence-electron chi connectivity index (χ2n) is 7.53. The van der Waals surface area contributed by atoms with E-state index in [1.165, 1.54) is 23.8 Å². The Balaban J connectivity index is 0.00000131. The van der Waals surface area contributed by atoms with E-state index in [0.717, 1.165) is 63.4 Å². The fraction of sp³-hybridized carbons (Fsp3) is 0.600. The first-order valence-corrected chi connectivity index (χ1v) is 9.72. The molecule has 4 rings (SSSR count). The smallest absolute Gasteiger partial charge is 0.222 e. The van der Waals surface area contributed by atoms with E-state index in [1.54, 1.807) is 0 Å². The molecule has 5 nitrogen and oxygen atoms in total. The molecule has 0 aromatic carbocycles. The highest BCUT2D eigenvalue weighted by Crippen LogP contribution is 2.32. The normalized spacial score (nSPS) is 18.7. The molecule has 2 aromatic heterocycles. The maximum absolute atomic E-state index is 12.5. The van der Waals surface area contributed by atoms with Gasteiger partial charge in [-0.25, -0.2) is 4.98 Å². The third kappa shape index (κ3) is 5.15. The van der Waals surface area contributed by atoms with E-state index in [-0.39, 0.29) is 24.8 Å². The minimum absolute atomic E-state index is 0. The molecule has 0 aliphatic carbocycles. The van der Waals surface area contributed by atoms with Crippen LogP contribution in [0.5, 0.6) is 0 Å². The molecule has 2 aliphatic heterocycles. The Hall–Kier alpha value is -1.30. The molecule has 0 unspecified atom stereocenters. The Morgan fingerprint density at radius 1 is 1.15 bits per heavy atom. The number of rotatable bonds is 4. The van der Waals surface area contributed by atoms with E-state index in [4.69, 9.17) is 0 Å². The molecular weight excluding hydrogens is 383 g/mol. The summed E-state index contributed by atoms with van der Waals surface area (Å²) in [6.45, 7) is 4.01. The number of piperidine rings is 2. The highest BCUT2D eigenvalue weighted by atomic mass is 35.5. The summed E-state index contributed by atoms with van der Waals surface area (Å²) in [7, 11) is 0. The van der Waals surface area contributed by atoms with Gasteiger partial charge in [-0.15, -0.1) is 24.8 Å².